The van der Waals surface area contributed by atoms with Crippen LogP contribution in [0.2, 0.25) is 0 Å². The van der Waals surface area contributed by atoms with Crippen molar-refractivity contribution >= 4 is 10.0 Å². The SMILES string of the molecule is C=CCS(=O)(=O)NCC(N)C(C)C. The van der Waals surface area contributed by atoms with E-state index in [1.807, 2.05) is 13.8 Å². The molecule has 1 atom stereocenters. The maximum absolute atomic E-state index is 11.1. The molecule has 5 heteroatoms. The molecule has 4 nitrogen and oxygen atoms in total. The highest BCUT2D eigenvalue weighted by atomic mass is 32.2. The van der Waals surface area contributed by atoms with E-state index in [0.717, 1.165) is 0 Å². The third-order valence-corrected chi connectivity index (χ3v) is 3.01. The Kier molecular flexibility index (Phi) is 5.20. The summed E-state index contributed by atoms with van der Waals surface area (Å²) in [6.45, 7) is 7.54. The van der Waals surface area contributed by atoms with Gasteiger partial charge in [0.25, 0.3) is 0 Å². The number of nitrogens with two attached hydrogens (primary N) is 1. The molecule has 0 aromatic carbocycles. The third-order valence-electron chi connectivity index (χ3n) is 1.73. The Morgan fingerprint density at radius 1 is 1.54 bits per heavy atom. The van der Waals surface area contributed by atoms with Crippen LogP contribution < -0.4 is 10.5 Å². The lowest BCUT2D eigenvalue weighted by Crippen LogP contribution is -2.40. The van der Waals surface area contributed by atoms with E-state index >= 15 is 0 Å². The number of hydrogen-bond donors (Lipinski definition) is 2. The minimum atomic E-state index is -3.21. The predicted molar refractivity (Wildman–Crippen MR) is 54.8 cm³/mol. The van der Waals surface area contributed by atoms with Gasteiger partial charge in [0, 0.05) is 12.6 Å². The summed E-state index contributed by atoms with van der Waals surface area (Å²) in [5, 5.41) is 0. The van der Waals surface area contributed by atoms with Gasteiger partial charge >= 0.3 is 0 Å². The fourth-order valence-electron chi connectivity index (χ4n) is 0.673. The molecule has 0 bridgehead atoms. The van der Waals surface area contributed by atoms with Crippen LogP contribution in [-0.4, -0.2) is 26.8 Å². The highest BCUT2D eigenvalue weighted by Crippen LogP contribution is 1.97. The van der Waals surface area contributed by atoms with Crippen molar-refractivity contribution in [1.29, 1.82) is 0 Å². The molecular weight excluding hydrogens is 188 g/mol. The zero-order valence-electron chi connectivity index (χ0n) is 8.16. The first kappa shape index (κ1) is 12.6. The van der Waals surface area contributed by atoms with Gasteiger partial charge in [-0.05, 0) is 5.92 Å². The Morgan fingerprint density at radius 2 is 2.08 bits per heavy atom. The van der Waals surface area contributed by atoms with Gasteiger partial charge in [0.15, 0.2) is 0 Å². The Bertz CT molecular complexity index is 247. The molecule has 0 radical (unpaired) electrons. The molecule has 0 saturated heterocycles. The molecule has 1 unspecified atom stereocenters. The van der Waals surface area contributed by atoms with E-state index in [1.54, 1.807) is 0 Å². The largest absolute Gasteiger partial charge is 0.326 e. The Hall–Kier alpha value is -0.390. The van der Waals surface area contributed by atoms with Crippen LogP contribution in [0.3, 0.4) is 0 Å². The van der Waals surface area contributed by atoms with Gasteiger partial charge in [0.05, 0.1) is 5.75 Å². The normalized spacial score (nSPS) is 14.5. The Balaban J connectivity index is 3.95. The number of rotatable bonds is 6. The molecule has 0 fully saturated rings. The van der Waals surface area contributed by atoms with Gasteiger partial charge in [-0.15, -0.1) is 6.58 Å². The second-order valence-electron chi connectivity index (χ2n) is 3.33. The van der Waals surface area contributed by atoms with E-state index in [9.17, 15) is 8.42 Å². The van der Waals surface area contributed by atoms with Crippen LogP contribution in [0.1, 0.15) is 13.8 Å². The molecule has 0 saturated carbocycles. The van der Waals surface area contributed by atoms with Crippen molar-refractivity contribution in [1.82, 2.24) is 4.72 Å². The van der Waals surface area contributed by atoms with E-state index in [1.165, 1.54) is 6.08 Å². The summed E-state index contributed by atoms with van der Waals surface area (Å²) >= 11 is 0. The Morgan fingerprint density at radius 3 is 2.46 bits per heavy atom. The van der Waals surface area contributed by atoms with Gasteiger partial charge in [-0.3, -0.25) is 0 Å². The number of hydrogen-bond acceptors (Lipinski definition) is 3. The summed E-state index contributed by atoms with van der Waals surface area (Å²) in [7, 11) is -3.21. The lowest BCUT2D eigenvalue weighted by molar-refractivity contribution is 0.482. The molecule has 0 aliphatic rings. The second-order valence-corrected chi connectivity index (χ2v) is 5.18. The fraction of sp³-hybridized carbons (Fsp3) is 0.750. The van der Waals surface area contributed by atoms with Gasteiger partial charge in [-0.2, -0.15) is 0 Å². The fourth-order valence-corrected chi connectivity index (χ4v) is 1.55. The van der Waals surface area contributed by atoms with Crippen molar-refractivity contribution in [2.75, 3.05) is 12.3 Å². The first-order valence-electron chi connectivity index (χ1n) is 4.23. The lowest BCUT2D eigenvalue weighted by atomic mass is 10.1. The van der Waals surface area contributed by atoms with E-state index in [4.69, 9.17) is 5.73 Å². The molecule has 0 aliphatic heterocycles. The summed E-state index contributed by atoms with van der Waals surface area (Å²) in [6, 6.07) is -0.139. The van der Waals surface area contributed by atoms with Crippen LogP contribution in [0.25, 0.3) is 0 Å². The average molecular weight is 206 g/mol. The van der Waals surface area contributed by atoms with Gasteiger partial charge in [-0.1, -0.05) is 19.9 Å². The van der Waals surface area contributed by atoms with Crippen molar-refractivity contribution in [3.63, 3.8) is 0 Å². The molecule has 0 amide bonds. The van der Waals surface area contributed by atoms with E-state index in [0.29, 0.717) is 0 Å². The Labute approximate surface area is 80.3 Å². The summed E-state index contributed by atoms with van der Waals surface area (Å²) in [5.74, 6) is 0.212. The van der Waals surface area contributed by atoms with Crippen molar-refractivity contribution < 1.29 is 8.42 Å². The molecule has 0 spiro atoms. The monoisotopic (exact) mass is 206 g/mol. The molecule has 78 valence electrons. The topological polar surface area (TPSA) is 72.2 Å². The van der Waals surface area contributed by atoms with Crippen LogP contribution in [0.4, 0.5) is 0 Å². The van der Waals surface area contributed by atoms with Crippen LogP contribution in [0.5, 0.6) is 0 Å². The van der Waals surface area contributed by atoms with Gasteiger partial charge in [-0.25, -0.2) is 13.1 Å². The molecule has 0 aliphatic carbocycles. The third kappa shape index (κ3) is 5.79. The van der Waals surface area contributed by atoms with E-state index in [-0.39, 0.29) is 24.3 Å². The van der Waals surface area contributed by atoms with Crippen molar-refractivity contribution in [2.45, 2.75) is 19.9 Å². The van der Waals surface area contributed by atoms with Gasteiger partial charge in [0.2, 0.25) is 10.0 Å². The maximum Gasteiger partial charge on any atom is 0.215 e. The van der Waals surface area contributed by atoms with Crippen molar-refractivity contribution in [3.8, 4) is 0 Å². The predicted octanol–water partition coefficient (Wildman–Crippen LogP) is 0.0751. The van der Waals surface area contributed by atoms with Crippen LogP contribution in [0.15, 0.2) is 12.7 Å². The minimum Gasteiger partial charge on any atom is -0.326 e. The molecular formula is C8H18N2O2S. The summed E-state index contributed by atoms with van der Waals surface area (Å²) in [6.07, 6.45) is 1.35. The first-order chi connectivity index (χ1) is 5.89. The minimum absolute atomic E-state index is 0.0577. The molecule has 13 heavy (non-hydrogen) atoms. The van der Waals surface area contributed by atoms with E-state index in [2.05, 4.69) is 11.3 Å². The smallest absolute Gasteiger partial charge is 0.215 e. The molecule has 0 rings (SSSR count). The summed E-state index contributed by atoms with van der Waals surface area (Å²) in [4.78, 5) is 0. The number of nitrogens with one attached hydrogen (secondary N) is 1. The molecule has 3 N–H and O–H groups in total. The van der Waals surface area contributed by atoms with Crippen LogP contribution >= 0.6 is 0 Å². The van der Waals surface area contributed by atoms with Crippen LogP contribution in [0, 0.1) is 5.92 Å². The summed E-state index contributed by atoms with van der Waals surface area (Å²) in [5.41, 5.74) is 5.67. The highest BCUT2D eigenvalue weighted by molar-refractivity contribution is 7.89. The highest BCUT2D eigenvalue weighted by Gasteiger charge is 2.12. The van der Waals surface area contributed by atoms with Gasteiger partial charge in [0.1, 0.15) is 0 Å². The molecule has 0 aromatic heterocycles. The lowest BCUT2D eigenvalue weighted by Gasteiger charge is -2.15. The second kappa shape index (κ2) is 5.36. The maximum atomic E-state index is 11.1. The van der Waals surface area contributed by atoms with Crippen LogP contribution in [-0.2, 0) is 10.0 Å². The van der Waals surface area contributed by atoms with Gasteiger partial charge < -0.3 is 5.73 Å². The number of sulfonamides is 1. The first-order valence-corrected chi connectivity index (χ1v) is 5.88. The van der Waals surface area contributed by atoms with E-state index < -0.39 is 10.0 Å². The van der Waals surface area contributed by atoms with Crippen molar-refractivity contribution in [2.24, 2.45) is 11.7 Å². The average Bonchev–Trinajstić information content (AvgIpc) is 2.00. The summed E-state index contributed by atoms with van der Waals surface area (Å²) < 4.78 is 24.7. The molecule has 0 heterocycles. The zero-order chi connectivity index (χ0) is 10.5. The molecule has 0 aromatic rings. The standard InChI is InChI=1S/C8H18N2O2S/c1-4-5-13(11,12)10-6-8(9)7(2)3/h4,7-8,10H,1,5-6,9H2,2-3H3. The quantitative estimate of drug-likeness (QED) is 0.604. The van der Waals surface area contributed by atoms with Crippen molar-refractivity contribution in [3.05, 3.63) is 12.7 Å². The zero-order valence-corrected chi connectivity index (χ0v) is 8.97.